The number of hydrogen-bond donors (Lipinski definition) is 1. The van der Waals surface area contributed by atoms with Crippen LogP contribution in [0.15, 0.2) is 16.8 Å². The summed E-state index contributed by atoms with van der Waals surface area (Å²) >= 11 is 1.69. The molecule has 1 heterocycles. The highest BCUT2D eigenvalue weighted by Crippen LogP contribution is 2.06. The van der Waals surface area contributed by atoms with Crippen LogP contribution in [0.4, 0.5) is 0 Å². The molecule has 0 aromatic carbocycles. The van der Waals surface area contributed by atoms with Gasteiger partial charge in [-0.1, -0.05) is 20.3 Å². The second-order valence-corrected chi connectivity index (χ2v) is 7.77. The van der Waals surface area contributed by atoms with Crippen molar-refractivity contribution in [2.45, 2.75) is 26.7 Å². The molecular formula is C13H23NO2S2. The average Bonchev–Trinajstić information content (AvgIpc) is 2.80. The van der Waals surface area contributed by atoms with Crippen molar-refractivity contribution in [2.24, 2.45) is 5.92 Å². The lowest BCUT2D eigenvalue weighted by Crippen LogP contribution is -2.27. The minimum atomic E-state index is -2.89. The van der Waals surface area contributed by atoms with Crippen LogP contribution in [0.3, 0.4) is 0 Å². The highest BCUT2D eigenvalue weighted by molar-refractivity contribution is 7.91. The zero-order valence-corrected chi connectivity index (χ0v) is 12.8. The molecule has 0 aliphatic carbocycles. The highest BCUT2D eigenvalue weighted by Gasteiger charge is 2.13. The van der Waals surface area contributed by atoms with Crippen LogP contribution in [0.25, 0.3) is 0 Å². The molecule has 0 aliphatic heterocycles. The number of rotatable bonds is 9. The van der Waals surface area contributed by atoms with E-state index in [1.165, 1.54) is 5.56 Å². The lowest BCUT2D eigenvalue weighted by molar-refractivity contribution is 0.561. The summed E-state index contributed by atoms with van der Waals surface area (Å²) in [4.78, 5) is 0. The maximum Gasteiger partial charge on any atom is 0.151 e. The van der Waals surface area contributed by atoms with Crippen LogP contribution in [0.2, 0.25) is 0 Å². The molecule has 0 spiro atoms. The summed E-state index contributed by atoms with van der Waals surface area (Å²) in [6.45, 7) is 5.42. The van der Waals surface area contributed by atoms with Crippen molar-refractivity contribution in [1.82, 2.24) is 5.32 Å². The Bertz CT molecular complexity index is 412. The fourth-order valence-corrected chi connectivity index (χ4v) is 4.08. The molecular weight excluding hydrogens is 266 g/mol. The molecule has 1 aromatic rings. The van der Waals surface area contributed by atoms with Gasteiger partial charge in [0.1, 0.15) is 0 Å². The van der Waals surface area contributed by atoms with Crippen molar-refractivity contribution >= 4 is 21.2 Å². The minimum Gasteiger partial charge on any atom is -0.315 e. The molecule has 3 nitrogen and oxygen atoms in total. The molecule has 0 bridgehead atoms. The zero-order valence-electron chi connectivity index (χ0n) is 11.2. The van der Waals surface area contributed by atoms with Crippen molar-refractivity contribution < 1.29 is 8.42 Å². The van der Waals surface area contributed by atoms with E-state index in [9.17, 15) is 8.42 Å². The Balaban J connectivity index is 2.13. The van der Waals surface area contributed by atoms with Gasteiger partial charge >= 0.3 is 0 Å². The largest absolute Gasteiger partial charge is 0.315 e. The van der Waals surface area contributed by atoms with Gasteiger partial charge in [0.2, 0.25) is 0 Å². The van der Waals surface area contributed by atoms with Gasteiger partial charge in [-0.2, -0.15) is 11.3 Å². The minimum absolute atomic E-state index is 0.251. The predicted octanol–water partition coefficient (Wildman–Crippen LogP) is 2.34. The predicted molar refractivity (Wildman–Crippen MR) is 79.0 cm³/mol. The van der Waals surface area contributed by atoms with Gasteiger partial charge in [-0.05, 0) is 41.3 Å². The van der Waals surface area contributed by atoms with E-state index in [0.717, 1.165) is 19.4 Å². The van der Waals surface area contributed by atoms with E-state index in [1.807, 2.05) is 13.8 Å². The fourth-order valence-electron chi connectivity index (χ4n) is 1.65. The SMILES string of the molecule is CCC(C)CS(=O)(=O)CCNCCc1ccsc1. The third-order valence-electron chi connectivity index (χ3n) is 3.00. The summed E-state index contributed by atoms with van der Waals surface area (Å²) in [6.07, 6.45) is 1.89. The third kappa shape index (κ3) is 6.52. The van der Waals surface area contributed by atoms with Crippen molar-refractivity contribution in [1.29, 1.82) is 0 Å². The number of thiophene rings is 1. The molecule has 0 saturated heterocycles. The van der Waals surface area contributed by atoms with E-state index >= 15 is 0 Å². The number of hydrogen-bond acceptors (Lipinski definition) is 4. The Labute approximate surface area is 115 Å². The summed E-state index contributed by atoms with van der Waals surface area (Å²) in [5.41, 5.74) is 1.31. The third-order valence-corrected chi connectivity index (χ3v) is 5.63. The van der Waals surface area contributed by atoms with Gasteiger partial charge < -0.3 is 5.32 Å². The van der Waals surface area contributed by atoms with Gasteiger partial charge in [-0.3, -0.25) is 0 Å². The van der Waals surface area contributed by atoms with Crippen LogP contribution in [-0.2, 0) is 16.3 Å². The summed E-state index contributed by atoms with van der Waals surface area (Å²) in [5, 5.41) is 7.38. The van der Waals surface area contributed by atoms with Crippen LogP contribution < -0.4 is 5.32 Å². The first-order valence-corrected chi connectivity index (χ1v) is 9.22. The fraction of sp³-hybridized carbons (Fsp3) is 0.692. The van der Waals surface area contributed by atoms with Crippen molar-refractivity contribution in [3.8, 4) is 0 Å². The molecule has 1 rings (SSSR count). The molecule has 0 fully saturated rings. The zero-order chi connectivity index (χ0) is 13.4. The normalized spacial score (nSPS) is 13.7. The summed E-state index contributed by atoms with van der Waals surface area (Å²) in [6, 6.07) is 2.10. The lowest BCUT2D eigenvalue weighted by Gasteiger charge is -2.09. The van der Waals surface area contributed by atoms with Gasteiger partial charge in [0.15, 0.2) is 9.84 Å². The Morgan fingerprint density at radius 2 is 2.17 bits per heavy atom. The molecule has 104 valence electrons. The first-order valence-electron chi connectivity index (χ1n) is 6.45. The summed E-state index contributed by atoms with van der Waals surface area (Å²) in [5.74, 6) is 0.831. The van der Waals surface area contributed by atoms with Gasteiger partial charge in [0, 0.05) is 6.54 Å². The Morgan fingerprint density at radius 1 is 1.39 bits per heavy atom. The van der Waals surface area contributed by atoms with E-state index in [2.05, 4.69) is 22.1 Å². The van der Waals surface area contributed by atoms with Gasteiger partial charge in [-0.15, -0.1) is 0 Å². The first kappa shape index (κ1) is 15.7. The maximum absolute atomic E-state index is 11.8. The van der Waals surface area contributed by atoms with Crippen LogP contribution >= 0.6 is 11.3 Å². The molecule has 1 aromatic heterocycles. The molecule has 0 radical (unpaired) electrons. The Kier molecular flexibility index (Phi) is 6.89. The van der Waals surface area contributed by atoms with Crippen LogP contribution in [0.5, 0.6) is 0 Å². The smallest absolute Gasteiger partial charge is 0.151 e. The van der Waals surface area contributed by atoms with Gasteiger partial charge in [0.25, 0.3) is 0 Å². The Morgan fingerprint density at radius 3 is 2.78 bits per heavy atom. The summed E-state index contributed by atoms with van der Waals surface area (Å²) < 4.78 is 23.5. The van der Waals surface area contributed by atoms with E-state index in [4.69, 9.17) is 0 Å². The summed E-state index contributed by atoms with van der Waals surface area (Å²) in [7, 11) is -2.89. The van der Waals surface area contributed by atoms with E-state index in [1.54, 1.807) is 11.3 Å². The molecule has 18 heavy (non-hydrogen) atoms. The molecule has 0 amide bonds. The average molecular weight is 289 g/mol. The van der Waals surface area contributed by atoms with Crippen LogP contribution in [-0.4, -0.2) is 33.0 Å². The molecule has 0 aliphatic rings. The molecule has 5 heteroatoms. The second-order valence-electron chi connectivity index (χ2n) is 4.76. The van der Waals surface area contributed by atoms with Gasteiger partial charge in [-0.25, -0.2) is 8.42 Å². The van der Waals surface area contributed by atoms with Crippen LogP contribution in [0.1, 0.15) is 25.8 Å². The molecule has 1 unspecified atom stereocenters. The Hall–Kier alpha value is -0.390. The molecule has 0 saturated carbocycles. The van der Waals surface area contributed by atoms with Crippen LogP contribution in [0, 0.1) is 5.92 Å². The second kappa shape index (κ2) is 7.92. The van der Waals surface area contributed by atoms with Crippen molar-refractivity contribution in [3.63, 3.8) is 0 Å². The topological polar surface area (TPSA) is 46.2 Å². The maximum atomic E-state index is 11.8. The first-order chi connectivity index (χ1) is 8.53. The van der Waals surface area contributed by atoms with Crippen molar-refractivity contribution in [3.05, 3.63) is 22.4 Å². The van der Waals surface area contributed by atoms with E-state index in [-0.39, 0.29) is 11.7 Å². The molecule has 1 atom stereocenters. The van der Waals surface area contributed by atoms with Gasteiger partial charge in [0.05, 0.1) is 11.5 Å². The van der Waals surface area contributed by atoms with E-state index < -0.39 is 9.84 Å². The number of sulfone groups is 1. The van der Waals surface area contributed by atoms with Crippen molar-refractivity contribution in [2.75, 3.05) is 24.6 Å². The number of nitrogens with one attached hydrogen (secondary N) is 1. The lowest BCUT2D eigenvalue weighted by atomic mass is 10.2. The van der Waals surface area contributed by atoms with E-state index in [0.29, 0.717) is 12.3 Å². The standard InChI is InChI=1S/C13H23NO2S2/c1-3-12(2)11-18(15,16)9-7-14-6-4-13-5-8-17-10-13/h5,8,10,12,14H,3-4,6-7,9,11H2,1-2H3. The molecule has 1 N–H and O–H groups in total. The monoisotopic (exact) mass is 289 g/mol. The quantitative estimate of drug-likeness (QED) is 0.710. The highest BCUT2D eigenvalue weighted by atomic mass is 32.2.